The van der Waals surface area contributed by atoms with E-state index >= 15 is 0 Å². The van der Waals surface area contributed by atoms with Gasteiger partial charge in [-0.2, -0.15) is 0 Å². The predicted molar refractivity (Wildman–Crippen MR) is 113 cm³/mol. The van der Waals surface area contributed by atoms with Gasteiger partial charge in [0.05, 0.1) is 18.8 Å². The van der Waals surface area contributed by atoms with Crippen molar-refractivity contribution >= 4 is 18.7 Å². The molecule has 2 aromatic rings. The normalized spacial score (nSPS) is 21.4. The molecule has 144 valence electrons. The lowest BCUT2D eigenvalue weighted by atomic mass is 10.2. The molecule has 0 saturated heterocycles. The van der Waals surface area contributed by atoms with Gasteiger partial charge in [-0.1, -0.05) is 93.6 Å². The molecule has 3 nitrogen and oxygen atoms in total. The van der Waals surface area contributed by atoms with Crippen molar-refractivity contribution in [2.75, 3.05) is 6.61 Å². The summed E-state index contributed by atoms with van der Waals surface area (Å²) in [5, 5.41) is 12.2. The fourth-order valence-corrected chi connectivity index (χ4v) is 8.43. The molecule has 3 rings (SSSR count). The van der Waals surface area contributed by atoms with E-state index in [0.29, 0.717) is 6.61 Å². The van der Waals surface area contributed by atoms with Crippen LogP contribution in [0.2, 0.25) is 5.04 Å². The summed E-state index contributed by atoms with van der Waals surface area (Å²) in [5.74, 6) is 0. The first-order valence-electron chi connectivity index (χ1n) is 9.61. The maximum Gasteiger partial charge on any atom is 0.261 e. The summed E-state index contributed by atoms with van der Waals surface area (Å²) in [5.41, 5.74) is 0. The van der Waals surface area contributed by atoms with Gasteiger partial charge in [-0.05, 0) is 22.3 Å². The van der Waals surface area contributed by atoms with E-state index in [1.54, 1.807) is 6.92 Å². The molecule has 27 heavy (non-hydrogen) atoms. The van der Waals surface area contributed by atoms with E-state index in [1.165, 1.54) is 10.4 Å². The molecule has 0 aromatic heterocycles. The second kappa shape index (κ2) is 8.11. The summed E-state index contributed by atoms with van der Waals surface area (Å²) in [6.45, 7) is 9.03. The Labute approximate surface area is 163 Å². The standard InChI is InChI=1S/C23H30O3Si/c1-18(24)22-16-15-19(26-22)17-25-27(23(2,3)4,20-11-7-5-8-12-20)21-13-9-6-10-14-21/h5-16,18-19,22,24H,17H2,1-4H3/t18-,19-,22-/m0/s1. The molecular weight excluding hydrogens is 352 g/mol. The smallest absolute Gasteiger partial charge is 0.261 e. The summed E-state index contributed by atoms with van der Waals surface area (Å²) in [6, 6.07) is 21.2. The molecule has 4 heteroatoms. The Balaban J connectivity index is 1.96. The number of hydrogen-bond donors (Lipinski definition) is 1. The van der Waals surface area contributed by atoms with Crippen LogP contribution in [0.3, 0.4) is 0 Å². The van der Waals surface area contributed by atoms with Gasteiger partial charge in [0.25, 0.3) is 8.32 Å². The SMILES string of the molecule is C[C@H](O)[C@@H]1C=C[C@@H](CO[Si](c2ccccc2)(c2ccccc2)C(C)(C)C)O1. The van der Waals surface area contributed by atoms with Gasteiger partial charge in [-0.15, -0.1) is 0 Å². The van der Waals surface area contributed by atoms with E-state index in [2.05, 4.69) is 69.3 Å². The Morgan fingerprint density at radius 2 is 1.48 bits per heavy atom. The molecule has 0 amide bonds. The third-order valence-electron chi connectivity index (χ3n) is 5.20. The maximum absolute atomic E-state index is 9.77. The molecule has 1 aliphatic rings. The lowest BCUT2D eigenvalue weighted by Crippen LogP contribution is -2.67. The van der Waals surface area contributed by atoms with Crippen LogP contribution in [0.25, 0.3) is 0 Å². The first kappa shape index (κ1) is 20.0. The van der Waals surface area contributed by atoms with Gasteiger partial charge in [0.15, 0.2) is 0 Å². The Morgan fingerprint density at radius 3 is 1.89 bits per heavy atom. The highest BCUT2D eigenvalue weighted by Crippen LogP contribution is 2.37. The number of benzene rings is 2. The number of ether oxygens (including phenoxy) is 1. The van der Waals surface area contributed by atoms with Gasteiger partial charge in [-0.25, -0.2) is 0 Å². The highest BCUT2D eigenvalue weighted by molar-refractivity contribution is 6.99. The molecule has 2 aromatic carbocycles. The van der Waals surface area contributed by atoms with E-state index in [0.717, 1.165) is 0 Å². The van der Waals surface area contributed by atoms with E-state index in [4.69, 9.17) is 9.16 Å². The van der Waals surface area contributed by atoms with Crippen LogP contribution in [0.1, 0.15) is 27.7 Å². The molecular formula is C23H30O3Si. The largest absolute Gasteiger partial charge is 0.404 e. The number of hydrogen-bond acceptors (Lipinski definition) is 3. The van der Waals surface area contributed by atoms with Gasteiger partial charge in [0.2, 0.25) is 0 Å². The minimum absolute atomic E-state index is 0.0539. The number of rotatable bonds is 6. The van der Waals surface area contributed by atoms with Crippen LogP contribution in [-0.4, -0.2) is 38.3 Å². The van der Waals surface area contributed by atoms with Crippen LogP contribution < -0.4 is 10.4 Å². The monoisotopic (exact) mass is 382 g/mol. The average molecular weight is 383 g/mol. The number of aliphatic hydroxyl groups is 1. The molecule has 3 atom stereocenters. The van der Waals surface area contributed by atoms with Crippen molar-refractivity contribution in [3.63, 3.8) is 0 Å². The minimum atomic E-state index is -2.54. The third-order valence-corrected chi connectivity index (χ3v) is 10.2. The van der Waals surface area contributed by atoms with Crippen LogP contribution in [0.4, 0.5) is 0 Å². The summed E-state index contributed by atoms with van der Waals surface area (Å²) in [4.78, 5) is 0. The fourth-order valence-electron chi connectivity index (χ4n) is 3.86. The van der Waals surface area contributed by atoms with E-state index in [9.17, 15) is 5.11 Å². The Bertz CT molecular complexity index is 711. The van der Waals surface area contributed by atoms with Crippen molar-refractivity contribution < 1.29 is 14.3 Å². The molecule has 0 bridgehead atoms. The van der Waals surface area contributed by atoms with Crippen molar-refractivity contribution in [3.8, 4) is 0 Å². The van der Waals surface area contributed by atoms with E-state index in [1.807, 2.05) is 24.3 Å². The van der Waals surface area contributed by atoms with E-state index < -0.39 is 14.4 Å². The van der Waals surface area contributed by atoms with Gasteiger partial charge >= 0.3 is 0 Å². The molecule has 0 spiro atoms. The van der Waals surface area contributed by atoms with Crippen LogP contribution in [0.5, 0.6) is 0 Å². The zero-order valence-electron chi connectivity index (χ0n) is 16.6. The van der Waals surface area contributed by atoms with Crippen LogP contribution in [0, 0.1) is 0 Å². The molecule has 0 fully saturated rings. The van der Waals surface area contributed by atoms with E-state index in [-0.39, 0.29) is 17.2 Å². The summed E-state index contributed by atoms with van der Waals surface area (Å²) >= 11 is 0. The molecule has 1 aliphatic heterocycles. The Kier molecular flexibility index (Phi) is 6.01. The molecule has 0 unspecified atom stereocenters. The average Bonchev–Trinajstić information content (AvgIpc) is 3.12. The quantitative estimate of drug-likeness (QED) is 0.616. The van der Waals surface area contributed by atoms with Crippen molar-refractivity contribution in [2.45, 2.75) is 51.0 Å². The second-order valence-electron chi connectivity index (χ2n) is 8.24. The van der Waals surface area contributed by atoms with Crippen LogP contribution in [-0.2, 0) is 9.16 Å². The molecule has 1 N–H and O–H groups in total. The molecule has 0 saturated carbocycles. The zero-order chi connectivity index (χ0) is 19.5. The highest BCUT2D eigenvalue weighted by atomic mass is 28.4. The molecule has 0 aliphatic carbocycles. The van der Waals surface area contributed by atoms with Crippen molar-refractivity contribution in [1.29, 1.82) is 0 Å². The van der Waals surface area contributed by atoms with Gasteiger partial charge in [-0.3, -0.25) is 0 Å². The summed E-state index contributed by atoms with van der Waals surface area (Å²) < 4.78 is 12.8. The lowest BCUT2D eigenvalue weighted by Gasteiger charge is -2.43. The second-order valence-corrected chi connectivity index (χ2v) is 12.5. The van der Waals surface area contributed by atoms with Gasteiger partial charge in [0, 0.05) is 0 Å². The topological polar surface area (TPSA) is 38.7 Å². The lowest BCUT2D eigenvalue weighted by molar-refractivity contribution is -0.0279. The summed E-state index contributed by atoms with van der Waals surface area (Å²) in [6.07, 6.45) is 3.04. The van der Waals surface area contributed by atoms with Crippen molar-refractivity contribution in [2.24, 2.45) is 0 Å². The maximum atomic E-state index is 9.77. The molecule has 1 heterocycles. The number of aliphatic hydroxyl groups excluding tert-OH is 1. The van der Waals surface area contributed by atoms with Gasteiger partial charge < -0.3 is 14.3 Å². The predicted octanol–water partition coefficient (Wildman–Crippen LogP) is 3.27. The highest BCUT2D eigenvalue weighted by Gasteiger charge is 2.50. The minimum Gasteiger partial charge on any atom is -0.404 e. The fraction of sp³-hybridized carbons (Fsp3) is 0.391. The van der Waals surface area contributed by atoms with Crippen molar-refractivity contribution in [3.05, 3.63) is 72.8 Å². The Morgan fingerprint density at radius 1 is 0.963 bits per heavy atom. The first-order valence-corrected chi connectivity index (χ1v) is 11.5. The summed E-state index contributed by atoms with van der Waals surface area (Å²) in [7, 11) is -2.54. The van der Waals surface area contributed by atoms with Gasteiger partial charge in [0.1, 0.15) is 6.10 Å². The Hall–Kier alpha value is -1.72. The molecule has 0 radical (unpaired) electrons. The van der Waals surface area contributed by atoms with Crippen molar-refractivity contribution in [1.82, 2.24) is 0 Å². The first-order chi connectivity index (χ1) is 12.8. The third kappa shape index (κ3) is 4.09. The van der Waals surface area contributed by atoms with Crippen LogP contribution >= 0.6 is 0 Å². The van der Waals surface area contributed by atoms with Crippen LogP contribution in [0.15, 0.2) is 72.8 Å². The zero-order valence-corrected chi connectivity index (χ0v) is 17.6.